The van der Waals surface area contributed by atoms with Gasteiger partial charge in [-0.1, -0.05) is 36.2 Å². The molecule has 0 saturated carbocycles. The lowest BCUT2D eigenvalue weighted by atomic mass is 10.0. The van der Waals surface area contributed by atoms with Crippen LogP contribution in [0.3, 0.4) is 0 Å². The molecule has 0 fully saturated rings. The number of aromatic nitrogens is 1. The van der Waals surface area contributed by atoms with Crippen LogP contribution in [0.15, 0.2) is 36.5 Å². The lowest BCUT2D eigenvalue weighted by Crippen LogP contribution is -1.98. The fourth-order valence-corrected chi connectivity index (χ4v) is 3.38. The molecule has 2 aromatic heterocycles. The van der Waals surface area contributed by atoms with E-state index in [9.17, 15) is 4.79 Å². The number of pyridine rings is 1. The standard InChI is InChI=1S/C19H17Cl2NO2/c1-3-12-5-6-14-9-15(18(11-23)22(14)10-12)16-7-13(20)8-17(21)19(16)24-4-2/h5-11H,3-4H2,1-2H3. The molecule has 0 spiro atoms. The minimum absolute atomic E-state index is 0.431. The number of aryl methyl sites for hydroxylation is 1. The Hall–Kier alpha value is -1.97. The summed E-state index contributed by atoms with van der Waals surface area (Å²) < 4.78 is 7.60. The molecule has 5 heteroatoms. The topological polar surface area (TPSA) is 30.7 Å². The second-order valence-corrected chi connectivity index (χ2v) is 6.29. The molecular formula is C19H17Cl2NO2. The number of carbonyl (C=O) groups is 1. The van der Waals surface area contributed by atoms with Crippen molar-refractivity contribution < 1.29 is 9.53 Å². The van der Waals surface area contributed by atoms with E-state index in [2.05, 4.69) is 13.0 Å². The van der Waals surface area contributed by atoms with E-state index in [4.69, 9.17) is 27.9 Å². The van der Waals surface area contributed by atoms with Crippen LogP contribution in [0.1, 0.15) is 29.9 Å². The molecule has 3 aromatic rings. The fraction of sp³-hybridized carbons (Fsp3) is 0.211. The number of carbonyl (C=O) groups excluding carboxylic acids is 1. The maximum absolute atomic E-state index is 11.8. The minimum Gasteiger partial charge on any atom is -0.492 e. The monoisotopic (exact) mass is 361 g/mol. The molecule has 0 aliphatic carbocycles. The molecule has 0 unspecified atom stereocenters. The summed E-state index contributed by atoms with van der Waals surface area (Å²) in [6, 6.07) is 9.43. The Bertz CT molecular complexity index is 915. The van der Waals surface area contributed by atoms with Gasteiger partial charge in [-0.15, -0.1) is 0 Å². The first-order valence-corrected chi connectivity index (χ1v) is 8.56. The number of ether oxygens (including phenoxy) is 1. The van der Waals surface area contributed by atoms with Crippen molar-refractivity contribution in [2.24, 2.45) is 0 Å². The van der Waals surface area contributed by atoms with Crippen LogP contribution >= 0.6 is 23.2 Å². The van der Waals surface area contributed by atoms with Gasteiger partial charge in [-0.25, -0.2) is 0 Å². The fourth-order valence-electron chi connectivity index (χ4n) is 2.83. The Morgan fingerprint density at radius 3 is 2.58 bits per heavy atom. The van der Waals surface area contributed by atoms with Gasteiger partial charge in [0.25, 0.3) is 0 Å². The van der Waals surface area contributed by atoms with E-state index in [1.165, 1.54) is 0 Å². The predicted molar refractivity (Wildman–Crippen MR) is 98.8 cm³/mol. The number of rotatable bonds is 5. The average Bonchev–Trinajstić information content (AvgIpc) is 2.94. The van der Waals surface area contributed by atoms with E-state index in [0.29, 0.717) is 28.1 Å². The SMILES string of the molecule is CCOc1c(Cl)cc(Cl)cc1-c1cc2ccc(CC)cn2c1C=O. The van der Waals surface area contributed by atoms with Gasteiger partial charge in [-0.3, -0.25) is 4.79 Å². The van der Waals surface area contributed by atoms with Crippen LogP contribution in [0, 0.1) is 0 Å². The average molecular weight is 362 g/mol. The molecular weight excluding hydrogens is 345 g/mol. The predicted octanol–water partition coefficient (Wildman–Crippen LogP) is 5.69. The van der Waals surface area contributed by atoms with Crippen molar-refractivity contribution in [3.05, 3.63) is 57.8 Å². The minimum atomic E-state index is 0.431. The molecule has 24 heavy (non-hydrogen) atoms. The van der Waals surface area contributed by atoms with E-state index in [1.807, 2.05) is 29.7 Å². The maximum atomic E-state index is 11.8. The molecule has 124 valence electrons. The van der Waals surface area contributed by atoms with Crippen LogP contribution in [-0.2, 0) is 6.42 Å². The third-order valence-electron chi connectivity index (χ3n) is 3.98. The van der Waals surface area contributed by atoms with Gasteiger partial charge in [0.1, 0.15) is 5.75 Å². The first-order valence-electron chi connectivity index (χ1n) is 7.80. The van der Waals surface area contributed by atoms with Crippen molar-refractivity contribution in [1.82, 2.24) is 4.40 Å². The third kappa shape index (κ3) is 2.90. The van der Waals surface area contributed by atoms with Crippen molar-refractivity contribution in [2.75, 3.05) is 6.61 Å². The van der Waals surface area contributed by atoms with Gasteiger partial charge in [-0.05, 0) is 43.2 Å². The third-order valence-corrected chi connectivity index (χ3v) is 4.48. The summed E-state index contributed by atoms with van der Waals surface area (Å²) >= 11 is 12.5. The van der Waals surface area contributed by atoms with Crippen molar-refractivity contribution in [3.8, 4) is 16.9 Å². The molecule has 0 saturated heterocycles. The summed E-state index contributed by atoms with van der Waals surface area (Å²) in [5.41, 5.74) is 4.12. The Kier molecular flexibility index (Phi) is 4.83. The normalized spacial score (nSPS) is 11.0. The van der Waals surface area contributed by atoms with Crippen LogP contribution in [0.25, 0.3) is 16.6 Å². The second-order valence-electron chi connectivity index (χ2n) is 5.44. The molecule has 0 amide bonds. The van der Waals surface area contributed by atoms with Gasteiger partial charge in [0, 0.05) is 27.9 Å². The molecule has 3 rings (SSSR count). The lowest BCUT2D eigenvalue weighted by Gasteiger charge is -2.12. The molecule has 0 radical (unpaired) electrons. The maximum Gasteiger partial charge on any atom is 0.167 e. The van der Waals surface area contributed by atoms with Gasteiger partial charge in [0.15, 0.2) is 6.29 Å². The van der Waals surface area contributed by atoms with Crippen LogP contribution in [0.5, 0.6) is 5.75 Å². The molecule has 2 heterocycles. The molecule has 0 aliphatic heterocycles. The molecule has 0 aliphatic rings. The number of benzene rings is 1. The Balaban J connectivity index is 2.32. The van der Waals surface area contributed by atoms with E-state index in [0.717, 1.165) is 34.9 Å². The Labute approximate surface area is 150 Å². The highest BCUT2D eigenvalue weighted by molar-refractivity contribution is 6.36. The largest absolute Gasteiger partial charge is 0.492 e. The highest BCUT2D eigenvalue weighted by Gasteiger charge is 2.18. The van der Waals surface area contributed by atoms with E-state index >= 15 is 0 Å². The number of fused-ring (bicyclic) bond motifs is 1. The van der Waals surface area contributed by atoms with E-state index < -0.39 is 0 Å². The van der Waals surface area contributed by atoms with Gasteiger partial charge in [0.2, 0.25) is 0 Å². The van der Waals surface area contributed by atoms with Crippen molar-refractivity contribution in [3.63, 3.8) is 0 Å². The summed E-state index contributed by atoms with van der Waals surface area (Å²) in [7, 11) is 0. The second kappa shape index (κ2) is 6.88. The summed E-state index contributed by atoms with van der Waals surface area (Å²) in [6.45, 7) is 4.44. The number of hydrogen-bond donors (Lipinski definition) is 0. The van der Waals surface area contributed by atoms with E-state index in [-0.39, 0.29) is 0 Å². The smallest absolute Gasteiger partial charge is 0.167 e. The molecule has 0 atom stereocenters. The quantitative estimate of drug-likeness (QED) is 0.546. The number of aldehydes is 1. The van der Waals surface area contributed by atoms with Gasteiger partial charge in [-0.2, -0.15) is 0 Å². The van der Waals surface area contributed by atoms with Crippen LogP contribution in [0.2, 0.25) is 10.0 Å². The number of nitrogens with zero attached hydrogens (tertiary/aromatic N) is 1. The first-order chi connectivity index (χ1) is 11.6. The molecule has 1 aromatic carbocycles. The van der Waals surface area contributed by atoms with E-state index in [1.54, 1.807) is 12.1 Å². The number of hydrogen-bond acceptors (Lipinski definition) is 2. The highest BCUT2D eigenvalue weighted by Crippen LogP contribution is 2.41. The van der Waals surface area contributed by atoms with Gasteiger partial charge < -0.3 is 9.14 Å². The molecule has 0 bridgehead atoms. The van der Waals surface area contributed by atoms with Gasteiger partial charge >= 0.3 is 0 Å². The zero-order valence-electron chi connectivity index (χ0n) is 13.5. The summed E-state index contributed by atoms with van der Waals surface area (Å²) in [5, 5.41) is 0.931. The van der Waals surface area contributed by atoms with Crippen LogP contribution < -0.4 is 4.74 Å². The number of halogens is 2. The molecule has 0 N–H and O–H groups in total. The van der Waals surface area contributed by atoms with Gasteiger partial charge in [0.05, 0.1) is 17.3 Å². The highest BCUT2D eigenvalue weighted by atomic mass is 35.5. The summed E-state index contributed by atoms with van der Waals surface area (Å²) in [5.74, 6) is 0.540. The zero-order valence-corrected chi connectivity index (χ0v) is 15.0. The Morgan fingerprint density at radius 1 is 1.12 bits per heavy atom. The van der Waals surface area contributed by atoms with Crippen molar-refractivity contribution in [1.29, 1.82) is 0 Å². The Morgan fingerprint density at radius 2 is 1.92 bits per heavy atom. The van der Waals surface area contributed by atoms with Crippen LogP contribution in [-0.4, -0.2) is 17.3 Å². The first kappa shape index (κ1) is 16.9. The van der Waals surface area contributed by atoms with Crippen molar-refractivity contribution in [2.45, 2.75) is 20.3 Å². The summed E-state index contributed by atoms with van der Waals surface area (Å²) in [4.78, 5) is 11.8. The zero-order chi connectivity index (χ0) is 17.3. The van der Waals surface area contributed by atoms with Crippen LogP contribution in [0.4, 0.5) is 0 Å². The van der Waals surface area contributed by atoms with Crippen molar-refractivity contribution >= 4 is 35.0 Å². The molecule has 3 nitrogen and oxygen atoms in total. The lowest BCUT2D eigenvalue weighted by molar-refractivity contribution is 0.111. The summed E-state index contributed by atoms with van der Waals surface area (Å²) in [6.07, 6.45) is 3.73.